The molecule has 2 heterocycles. The highest BCUT2D eigenvalue weighted by molar-refractivity contribution is 6.02. The molecule has 0 radical (unpaired) electrons. The van der Waals surface area contributed by atoms with Gasteiger partial charge in [-0.05, 0) is 32.0 Å². The summed E-state index contributed by atoms with van der Waals surface area (Å²) in [5, 5.41) is 11.3. The van der Waals surface area contributed by atoms with Crippen LogP contribution in [0.2, 0.25) is 0 Å². The van der Waals surface area contributed by atoms with E-state index in [0.29, 0.717) is 11.5 Å². The molecule has 0 bridgehead atoms. The van der Waals surface area contributed by atoms with E-state index in [9.17, 15) is 4.79 Å². The van der Waals surface area contributed by atoms with E-state index >= 15 is 0 Å². The van der Waals surface area contributed by atoms with Crippen LogP contribution in [0.15, 0.2) is 42.6 Å². The van der Waals surface area contributed by atoms with Crippen LogP contribution in [0.5, 0.6) is 0 Å². The van der Waals surface area contributed by atoms with E-state index in [1.54, 1.807) is 24.0 Å². The monoisotopic (exact) mass is 295 g/mol. The number of benzene rings is 1. The van der Waals surface area contributed by atoms with E-state index in [1.807, 2.05) is 44.2 Å². The van der Waals surface area contributed by atoms with Gasteiger partial charge in [0.05, 0.1) is 11.4 Å². The Hall–Kier alpha value is -2.89. The second kappa shape index (κ2) is 5.48. The molecule has 6 nitrogen and oxygen atoms in total. The number of aromatic nitrogens is 4. The van der Waals surface area contributed by atoms with Crippen LogP contribution in [0.3, 0.4) is 0 Å². The Bertz CT molecular complexity index is 813. The molecule has 0 unspecified atom stereocenters. The van der Waals surface area contributed by atoms with Crippen molar-refractivity contribution in [1.29, 1.82) is 0 Å². The average Bonchev–Trinajstić information content (AvgIpc) is 3.06. The Labute approximate surface area is 128 Å². The standard InChI is InChI=1S/C16H17N5O/c1-11-4-6-13(7-5-11)21-15(10-12(2)19-21)18-16(22)14-8-9-17-20(14)3/h4-10H,1-3H3,(H,18,22). The zero-order valence-electron chi connectivity index (χ0n) is 12.7. The number of rotatable bonds is 3. The van der Waals surface area contributed by atoms with Crippen LogP contribution < -0.4 is 5.32 Å². The van der Waals surface area contributed by atoms with Gasteiger partial charge in [-0.3, -0.25) is 9.48 Å². The van der Waals surface area contributed by atoms with Gasteiger partial charge in [0, 0.05) is 19.3 Å². The van der Waals surface area contributed by atoms with Gasteiger partial charge in [0.15, 0.2) is 0 Å². The largest absolute Gasteiger partial charge is 0.305 e. The molecule has 1 amide bonds. The molecular formula is C16H17N5O. The van der Waals surface area contributed by atoms with Crippen LogP contribution in [-0.2, 0) is 7.05 Å². The Kier molecular flexibility index (Phi) is 3.50. The third-order valence-electron chi connectivity index (χ3n) is 3.41. The van der Waals surface area contributed by atoms with Gasteiger partial charge < -0.3 is 5.32 Å². The topological polar surface area (TPSA) is 64.7 Å². The maximum atomic E-state index is 12.3. The predicted octanol–water partition coefficient (Wildman–Crippen LogP) is 2.47. The van der Waals surface area contributed by atoms with Crippen LogP contribution >= 0.6 is 0 Å². The lowest BCUT2D eigenvalue weighted by Crippen LogP contribution is -2.18. The highest BCUT2D eigenvalue weighted by Gasteiger charge is 2.14. The molecular weight excluding hydrogens is 278 g/mol. The average molecular weight is 295 g/mol. The van der Waals surface area contributed by atoms with E-state index < -0.39 is 0 Å². The minimum atomic E-state index is -0.215. The zero-order valence-corrected chi connectivity index (χ0v) is 12.7. The number of hydrogen-bond acceptors (Lipinski definition) is 3. The first-order valence-electron chi connectivity index (χ1n) is 6.97. The molecule has 0 saturated carbocycles. The van der Waals surface area contributed by atoms with Crippen molar-refractivity contribution in [3.63, 3.8) is 0 Å². The molecule has 0 saturated heterocycles. The molecule has 2 aromatic heterocycles. The van der Waals surface area contributed by atoms with Crippen LogP contribution in [-0.4, -0.2) is 25.5 Å². The van der Waals surface area contributed by atoms with Crippen molar-refractivity contribution in [3.05, 3.63) is 59.5 Å². The van der Waals surface area contributed by atoms with E-state index in [1.165, 1.54) is 10.2 Å². The first-order valence-corrected chi connectivity index (χ1v) is 6.97. The molecule has 112 valence electrons. The minimum Gasteiger partial charge on any atom is -0.305 e. The summed E-state index contributed by atoms with van der Waals surface area (Å²) < 4.78 is 3.26. The lowest BCUT2D eigenvalue weighted by Gasteiger charge is -2.09. The Balaban J connectivity index is 1.93. The van der Waals surface area contributed by atoms with Gasteiger partial charge in [-0.15, -0.1) is 0 Å². The Morgan fingerprint density at radius 3 is 2.50 bits per heavy atom. The fourth-order valence-electron chi connectivity index (χ4n) is 2.25. The summed E-state index contributed by atoms with van der Waals surface area (Å²) >= 11 is 0. The van der Waals surface area contributed by atoms with Crippen molar-refractivity contribution < 1.29 is 4.79 Å². The molecule has 3 rings (SSSR count). The van der Waals surface area contributed by atoms with Gasteiger partial charge in [0.1, 0.15) is 11.5 Å². The van der Waals surface area contributed by atoms with Gasteiger partial charge in [-0.2, -0.15) is 10.2 Å². The molecule has 6 heteroatoms. The van der Waals surface area contributed by atoms with E-state index in [-0.39, 0.29) is 5.91 Å². The highest BCUT2D eigenvalue weighted by Crippen LogP contribution is 2.18. The lowest BCUT2D eigenvalue weighted by molar-refractivity contribution is 0.101. The number of carbonyl (C=O) groups is 1. The molecule has 3 aromatic rings. The molecule has 0 aliphatic heterocycles. The number of aryl methyl sites for hydroxylation is 3. The lowest BCUT2D eigenvalue weighted by atomic mass is 10.2. The normalized spacial score (nSPS) is 10.7. The SMILES string of the molecule is Cc1ccc(-n2nc(C)cc2NC(=O)c2ccnn2C)cc1. The summed E-state index contributed by atoms with van der Waals surface area (Å²) in [7, 11) is 1.73. The number of anilines is 1. The van der Waals surface area contributed by atoms with Gasteiger partial charge in [0.2, 0.25) is 0 Å². The second-order valence-electron chi connectivity index (χ2n) is 5.21. The number of hydrogen-bond donors (Lipinski definition) is 1. The quantitative estimate of drug-likeness (QED) is 0.807. The number of amides is 1. The van der Waals surface area contributed by atoms with Crippen molar-refractivity contribution >= 4 is 11.7 Å². The molecule has 0 aliphatic rings. The fraction of sp³-hybridized carbons (Fsp3) is 0.188. The number of carbonyl (C=O) groups excluding carboxylic acids is 1. The summed E-state index contributed by atoms with van der Waals surface area (Å²) in [4.78, 5) is 12.3. The molecule has 0 atom stereocenters. The van der Waals surface area contributed by atoms with Gasteiger partial charge in [0.25, 0.3) is 5.91 Å². The van der Waals surface area contributed by atoms with E-state index in [0.717, 1.165) is 11.4 Å². The molecule has 0 aliphatic carbocycles. The maximum absolute atomic E-state index is 12.3. The number of nitrogens with one attached hydrogen (secondary N) is 1. The first kappa shape index (κ1) is 14.1. The summed E-state index contributed by atoms with van der Waals surface area (Å²) in [5.74, 6) is 0.417. The van der Waals surface area contributed by atoms with Crippen molar-refractivity contribution in [2.75, 3.05) is 5.32 Å². The van der Waals surface area contributed by atoms with Crippen molar-refractivity contribution in [1.82, 2.24) is 19.6 Å². The Morgan fingerprint density at radius 2 is 1.86 bits per heavy atom. The third kappa shape index (κ3) is 2.63. The van der Waals surface area contributed by atoms with Gasteiger partial charge in [-0.1, -0.05) is 17.7 Å². The van der Waals surface area contributed by atoms with Gasteiger partial charge in [-0.25, -0.2) is 4.68 Å². The third-order valence-corrected chi connectivity index (χ3v) is 3.41. The van der Waals surface area contributed by atoms with Crippen molar-refractivity contribution in [2.24, 2.45) is 7.05 Å². The van der Waals surface area contributed by atoms with Crippen LogP contribution in [0.1, 0.15) is 21.7 Å². The summed E-state index contributed by atoms with van der Waals surface area (Å²) in [6, 6.07) is 11.5. The predicted molar refractivity (Wildman–Crippen MR) is 84.2 cm³/mol. The van der Waals surface area contributed by atoms with Crippen molar-refractivity contribution in [2.45, 2.75) is 13.8 Å². The molecule has 0 spiro atoms. The molecule has 1 aromatic carbocycles. The fourth-order valence-corrected chi connectivity index (χ4v) is 2.25. The number of nitrogens with zero attached hydrogens (tertiary/aromatic N) is 4. The summed E-state index contributed by atoms with van der Waals surface area (Å²) in [5.41, 5.74) is 3.40. The molecule has 1 N–H and O–H groups in total. The highest BCUT2D eigenvalue weighted by atomic mass is 16.2. The molecule has 0 fully saturated rings. The minimum absolute atomic E-state index is 0.215. The van der Waals surface area contributed by atoms with E-state index in [4.69, 9.17) is 0 Å². The summed E-state index contributed by atoms with van der Waals surface area (Å²) in [6.45, 7) is 3.92. The first-order chi connectivity index (χ1) is 10.5. The molecule has 22 heavy (non-hydrogen) atoms. The van der Waals surface area contributed by atoms with Crippen molar-refractivity contribution in [3.8, 4) is 5.69 Å². The summed E-state index contributed by atoms with van der Waals surface area (Å²) in [6.07, 6.45) is 1.59. The zero-order chi connectivity index (χ0) is 15.7. The smallest absolute Gasteiger partial charge is 0.275 e. The van der Waals surface area contributed by atoms with Crippen LogP contribution in [0.4, 0.5) is 5.82 Å². The van der Waals surface area contributed by atoms with E-state index in [2.05, 4.69) is 15.5 Å². The van der Waals surface area contributed by atoms with Crippen LogP contribution in [0.25, 0.3) is 5.69 Å². The second-order valence-corrected chi connectivity index (χ2v) is 5.21. The van der Waals surface area contributed by atoms with Crippen LogP contribution in [0, 0.1) is 13.8 Å². The maximum Gasteiger partial charge on any atom is 0.275 e. The Morgan fingerprint density at radius 1 is 1.14 bits per heavy atom. The van der Waals surface area contributed by atoms with Gasteiger partial charge >= 0.3 is 0 Å².